The first-order chi connectivity index (χ1) is 10.1. The number of rotatable bonds is 6. The highest BCUT2D eigenvalue weighted by atomic mass is 35.5. The second-order valence-electron chi connectivity index (χ2n) is 5.27. The van der Waals surface area contributed by atoms with Crippen LogP contribution in [0.25, 0.3) is 10.9 Å². The van der Waals surface area contributed by atoms with Crippen LogP contribution in [0.1, 0.15) is 25.8 Å². The van der Waals surface area contributed by atoms with Crippen molar-refractivity contribution in [2.75, 3.05) is 7.11 Å². The van der Waals surface area contributed by atoms with E-state index >= 15 is 0 Å². The number of hydrogen-bond donors (Lipinski definition) is 2. The molecule has 1 heterocycles. The smallest absolute Gasteiger partial charge is 0.323 e. The van der Waals surface area contributed by atoms with E-state index in [2.05, 4.69) is 17.2 Å². The predicted octanol–water partition coefficient (Wildman–Crippen LogP) is 3.50. The largest absolute Gasteiger partial charge is 0.468 e. The van der Waals surface area contributed by atoms with Gasteiger partial charge in [-0.3, -0.25) is 10.1 Å². The molecule has 0 spiro atoms. The van der Waals surface area contributed by atoms with Crippen LogP contribution in [-0.4, -0.2) is 24.1 Å². The van der Waals surface area contributed by atoms with E-state index in [4.69, 9.17) is 16.3 Å². The molecule has 4 nitrogen and oxygen atoms in total. The molecule has 0 amide bonds. The third kappa shape index (κ3) is 3.57. The van der Waals surface area contributed by atoms with Gasteiger partial charge in [-0.05, 0) is 23.6 Å². The van der Waals surface area contributed by atoms with Gasteiger partial charge in [0.2, 0.25) is 0 Å². The van der Waals surface area contributed by atoms with Crippen LogP contribution < -0.4 is 5.32 Å². The fourth-order valence-corrected chi connectivity index (χ4v) is 2.58. The van der Waals surface area contributed by atoms with Crippen molar-refractivity contribution in [2.24, 2.45) is 5.92 Å². The maximum absolute atomic E-state index is 11.9. The molecular formula is C16H21ClN2O2. The molecule has 2 N–H and O–H groups in total. The number of hydrogen-bond acceptors (Lipinski definition) is 3. The summed E-state index contributed by atoms with van der Waals surface area (Å²) in [6.45, 7) is 4.71. The minimum Gasteiger partial charge on any atom is -0.468 e. The molecule has 2 rings (SSSR count). The molecule has 1 aromatic carbocycles. The highest BCUT2D eigenvalue weighted by molar-refractivity contribution is 6.31. The van der Waals surface area contributed by atoms with Gasteiger partial charge in [0.25, 0.3) is 0 Å². The molecule has 0 aliphatic rings. The molecule has 5 heteroatoms. The Labute approximate surface area is 129 Å². The number of fused-ring (bicyclic) bond motifs is 1. The molecule has 21 heavy (non-hydrogen) atoms. The SMILES string of the molecule is CCC(C)C(NCc1c[nH]c2cc(Cl)ccc12)C(=O)OC. The lowest BCUT2D eigenvalue weighted by Crippen LogP contribution is -2.42. The lowest BCUT2D eigenvalue weighted by atomic mass is 9.99. The van der Waals surface area contributed by atoms with Crippen LogP contribution in [-0.2, 0) is 16.1 Å². The quantitative estimate of drug-likeness (QED) is 0.803. The number of esters is 1. The maximum Gasteiger partial charge on any atom is 0.323 e. The van der Waals surface area contributed by atoms with Crippen LogP contribution in [0.5, 0.6) is 0 Å². The van der Waals surface area contributed by atoms with E-state index in [1.54, 1.807) is 0 Å². The summed E-state index contributed by atoms with van der Waals surface area (Å²) in [5.41, 5.74) is 2.11. The second-order valence-corrected chi connectivity index (χ2v) is 5.71. The molecule has 0 fully saturated rings. The van der Waals surface area contributed by atoms with Crippen LogP contribution >= 0.6 is 11.6 Å². The number of H-pyrrole nitrogens is 1. The van der Waals surface area contributed by atoms with Gasteiger partial charge in [-0.15, -0.1) is 0 Å². The zero-order valence-corrected chi connectivity index (χ0v) is 13.3. The van der Waals surface area contributed by atoms with Crippen molar-refractivity contribution in [2.45, 2.75) is 32.9 Å². The number of aromatic nitrogens is 1. The zero-order chi connectivity index (χ0) is 15.4. The second kappa shape index (κ2) is 6.96. The van der Waals surface area contributed by atoms with Crippen molar-refractivity contribution < 1.29 is 9.53 Å². The maximum atomic E-state index is 11.9. The number of halogens is 1. The Morgan fingerprint density at radius 2 is 2.24 bits per heavy atom. The monoisotopic (exact) mass is 308 g/mol. The summed E-state index contributed by atoms with van der Waals surface area (Å²) in [4.78, 5) is 15.1. The van der Waals surface area contributed by atoms with Gasteiger partial charge in [-0.25, -0.2) is 0 Å². The summed E-state index contributed by atoms with van der Waals surface area (Å²) >= 11 is 5.98. The van der Waals surface area contributed by atoms with Crippen molar-refractivity contribution >= 4 is 28.5 Å². The summed E-state index contributed by atoms with van der Waals surface area (Å²) in [6.07, 6.45) is 2.86. The van der Waals surface area contributed by atoms with Crippen LogP contribution in [0.15, 0.2) is 24.4 Å². The Hall–Kier alpha value is -1.52. The molecule has 2 aromatic rings. The van der Waals surface area contributed by atoms with Gasteiger partial charge < -0.3 is 9.72 Å². The predicted molar refractivity (Wildman–Crippen MR) is 85.4 cm³/mol. The third-order valence-corrected chi connectivity index (χ3v) is 4.15. The highest BCUT2D eigenvalue weighted by Gasteiger charge is 2.24. The van der Waals surface area contributed by atoms with Gasteiger partial charge >= 0.3 is 5.97 Å². The molecule has 0 bridgehead atoms. The van der Waals surface area contributed by atoms with Gasteiger partial charge in [0, 0.05) is 28.7 Å². The summed E-state index contributed by atoms with van der Waals surface area (Å²) in [7, 11) is 1.42. The van der Waals surface area contributed by atoms with E-state index in [9.17, 15) is 4.79 Å². The summed E-state index contributed by atoms with van der Waals surface area (Å²) < 4.78 is 4.88. The van der Waals surface area contributed by atoms with Crippen molar-refractivity contribution in [1.82, 2.24) is 10.3 Å². The Balaban J connectivity index is 2.14. The fraction of sp³-hybridized carbons (Fsp3) is 0.438. The van der Waals surface area contributed by atoms with E-state index in [1.165, 1.54) is 7.11 Å². The number of carbonyl (C=O) groups excluding carboxylic acids is 1. The summed E-state index contributed by atoms with van der Waals surface area (Å²) in [5, 5.41) is 5.12. The number of nitrogens with one attached hydrogen (secondary N) is 2. The molecule has 114 valence electrons. The fourth-order valence-electron chi connectivity index (χ4n) is 2.40. The van der Waals surface area contributed by atoms with Crippen LogP contribution in [0.2, 0.25) is 5.02 Å². The lowest BCUT2D eigenvalue weighted by molar-refractivity contribution is -0.144. The molecule has 0 saturated carbocycles. The number of aromatic amines is 1. The molecule has 1 aromatic heterocycles. The molecule has 0 aliphatic heterocycles. The van der Waals surface area contributed by atoms with Gasteiger partial charge in [-0.2, -0.15) is 0 Å². The number of methoxy groups -OCH3 is 1. The van der Waals surface area contributed by atoms with Gasteiger partial charge in [0.05, 0.1) is 7.11 Å². The van der Waals surface area contributed by atoms with Crippen LogP contribution in [0.4, 0.5) is 0 Å². The minimum atomic E-state index is -0.294. The average molecular weight is 309 g/mol. The molecule has 0 saturated heterocycles. The lowest BCUT2D eigenvalue weighted by Gasteiger charge is -2.21. The van der Waals surface area contributed by atoms with Crippen molar-refractivity contribution in [3.63, 3.8) is 0 Å². The van der Waals surface area contributed by atoms with E-state index in [-0.39, 0.29) is 17.9 Å². The Bertz CT molecular complexity index is 624. The van der Waals surface area contributed by atoms with E-state index in [0.29, 0.717) is 11.6 Å². The van der Waals surface area contributed by atoms with Crippen molar-refractivity contribution in [3.05, 3.63) is 35.0 Å². The molecule has 0 radical (unpaired) electrons. The molecule has 2 atom stereocenters. The minimum absolute atomic E-state index is 0.216. The Kier molecular flexibility index (Phi) is 5.26. The van der Waals surface area contributed by atoms with E-state index < -0.39 is 0 Å². The Morgan fingerprint density at radius 3 is 2.90 bits per heavy atom. The first kappa shape index (κ1) is 15.9. The third-order valence-electron chi connectivity index (χ3n) is 3.91. The highest BCUT2D eigenvalue weighted by Crippen LogP contribution is 2.22. The average Bonchev–Trinajstić information content (AvgIpc) is 2.88. The van der Waals surface area contributed by atoms with Gasteiger partial charge in [-0.1, -0.05) is 37.9 Å². The molecule has 2 unspecified atom stereocenters. The first-order valence-corrected chi connectivity index (χ1v) is 7.51. The Morgan fingerprint density at radius 1 is 1.48 bits per heavy atom. The number of benzene rings is 1. The van der Waals surface area contributed by atoms with Gasteiger partial charge in [0.1, 0.15) is 6.04 Å². The van der Waals surface area contributed by atoms with Gasteiger partial charge in [0.15, 0.2) is 0 Å². The van der Waals surface area contributed by atoms with Crippen LogP contribution in [0, 0.1) is 5.92 Å². The normalized spacial score (nSPS) is 14.1. The zero-order valence-electron chi connectivity index (χ0n) is 12.6. The van der Waals surface area contributed by atoms with Crippen molar-refractivity contribution in [1.29, 1.82) is 0 Å². The topological polar surface area (TPSA) is 54.1 Å². The summed E-state index contributed by atoms with van der Waals surface area (Å²) in [6, 6.07) is 5.46. The van der Waals surface area contributed by atoms with Crippen molar-refractivity contribution in [3.8, 4) is 0 Å². The van der Waals surface area contributed by atoms with E-state index in [0.717, 1.165) is 22.9 Å². The number of ether oxygens (including phenoxy) is 1. The standard InChI is InChI=1S/C16H21ClN2O2/c1-4-10(2)15(16(20)21-3)19-9-11-8-18-14-7-12(17)5-6-13(11)14/h5-8,10,15,18-19H,4,9H2,1-3H3. The number of carbonyl (C=O) groups is 1. The molecular weight excluding hydrogens is 288 g/mol. The van der Waals surface area contributed by atoms with Crippen LogP contribution in [0.3, 0.4) is 0 Å². The summed E-state index contributed by atoms with van der Waals surface area (Å²) in [5.74, 6) is 0.00401. The van der Waals surface area contributed by atoms with E-state index in [1.807, 2.05) is 31.3 Å². The first-order valence-electron chi connectivity index (χ1n) is 7.13. The molecule has 0 aliphatic carbocycles.